The van der Waals surface area contributed by atoms with Crippen LogP contribution in [0.15, 0.2) is 53.6 Å². The van der Waals surface area contributed by atoms with Crippen molar-refractivity contribution in [1.82, 2.24) is 34.7 Å². The number of nitrogens with zero attached hydrogens (tertiary/aromatic N) is 5. The van der Waals surface area contributed by atoms with Crippen LogP contribution in [0.4, 0.5) is 5.82 Å². The Morgan fingerprint density at radius 2 is 1.75 bits per heavy atom. The van der Waals surface area contributed by atoms with Gasteiger partial charge in [-0.25, -0.2) is 4.79 Å². The normalized spacial score (nSPS) is 15.2. The van der Waals surface area contributed by atoms with Crippen LogP contribution in [0.1, 0.15) is 22.7 Å². The Balaban J connectivity index is 1.42. The van der Waals surface area contributed by atoms with E-state index in [2.05, 4.69) is 66.6 Å². The van der Waals surface area contributed by atoms with E-state index in [4.69, 9.17) is 15.2 Å². The van der Waals surface area contributed by atoms with Crippen LogP contribution in [0.3, 0.4) is 0 Å². The lowest BCUT2D eigenvalue weighted by molar-refractivity contribution is 0.141. The zero-order valence-electron chi connectivity index (χ0n) is 20.2. The van der Waals surface area contributed by atoms with E-state index in [9.17, 15) is 4.79 Å². The third-order valence-electron chi connectivity index (χ3n) is 6.32. The molecule has 4 N–H and O–H groups in total. The van der Waals surface area contributed by atoms with Crippen molar-refractivity contribution < 1.29 is 9.47 Å². The monoisotopic (exact) mass is 490 g/mol. The molecule has 1 aromatic carbocycles. The van der Waals surface area contributed by atoms with Crippen molar-refractivity contribution in [3.8, 4) is 6.01 Å². The quantitative estimate of drug-likeness (QED) is 0.295. The maximum atomic E-state index is 12.7. The lowest BCUT2D eigenvalue weighted by atomic mass is 9.96. The molecule has 1 unspecified atom stereocenters. The van der Waals surface area contributed by atoms with Crippen LogP contribution in [-0.2, 0) is 11.3 Å². The molecule has 1 atom stereocenters. The molecule has 1 saturated heterocycles. The molecule has 36 heavy (non-hydrogen) atoms. The van der Waals surface area contributed by atoms with Crippen molar-refractivity contribution in [3.05, 3.63) is 76.0 Å². The van der Waals surface area contributed by atoms with Crippen molar-refractivity contribution in [2.24, 2.45) is 0 Å². The summed E-state index contributed by atoms with van der Waals surface area (Å²) < 4.78 is 12.1. The van der Waals surface area contributed by atoms with E-state index in [1.165, 1.54) is 11.1 Å². The topological polar surface area (TPSA) is 136 Å². The second kappa shape index (κ2) is 10.9. The van der Waals surface area contributed by atoms with Gasteiger partial charge in [0.25, 0.3) is 0 Å². The van der Waals surface area contributed by atoms with Gasteiger partial charge in [-0.2, -0.15) is 9.97 Å². The second-order valence-electron chi connectivity index (χ2n) is 8.66. The fourth-order valence-corrected chi connectivity index (χ4v) is 4.55. The van der Waals surface area contributed by atoms with E-state index < -0.39 is 0 Å². The third kappa shape index (κ3) is 5.08. The number of fused-ring (bicyclic) bond motifs is 1. The molecule has 0 bridgehead atoms. The molecule has 1 aliphatic heterocycles. The highest BCUT2D eigenvalue weighted by atomic mass is 16.5. The zero-order chi connectivity index (χ0) is 24.9. The lowest BCUT2D eigenvalue weighted by Crippen LogP contribution is -2.45. The summed E-state index contributed by atoms with van der Waals surface area (Å²) in [6.07, 6.45) is 3.67. The lowest BCUT2D eigenvalue weighted by Gasteiger charge is -2.35. The standard InChI is InChI=1S/C25H30N8O3/c1-35-14-15-36-24-30-22(26)20-23(31-24)33(25(34)29-20)16-17-2-4-18(5-3-17)21(19-6-8-27-9-7-19)32-12-10-28-11-13-32/h2-9,21,28H,10-16H2,1H3,(H,29,34)(H2,26,30,31). The third-order valence-corrected chi connectivity index (χ3v) is 6.32. The van der Waals surface area contributed by atoms with Gasteiger partial charge in [-0.05, 0) is 28.8 Å². The molecule has 0 saturated carbocycles. The van der Waals surface area contributed by atoms with Crippen molar-refractivity contribution in [1.29, 1.82) is 0 Å². The minimum absolute atomic E-state index is 0.108. The molecule has 3 aromatic heterocycles. The molecular formula is C25H30N8O3. The number of piperazine rings is 1. The summed E-state index contributed by atoms with van der Waals surface area (Å²) in [5.41, 5.74) is 9.92. The highest BCUT2D eigenvalue weighted by Gasteiger charge is 2.24. The number of anilines is 1. The molecule has 0 spiro atoms. The number of nitrogens with two attached hydrogens (primary N) is 1. The molecule has 188 valence electrons. The van der Waals surface area contributed by atoms with Crippen LogP contribution in [-0.4, -0.2) is 75.9 Å². The van der Waals surface area contributed by atoms with E-state index in [0.717, 1.165) is 31.7 Å². The number of aromatic amines is 1. The molecule has 11 heteroatoms. The summed E-state index contributed by atoms with van der Waals surface area (Å²) in [5, 5.41) is 3.42. The van der Waals surface area contributed by atoms with Crippen molar-refractivity contribution >= 4 is 17.0 Å². The number of hydrogen-bond acceptors (Lipinski definition) is 9. The molecule has 0 aliphatic carbocycles. The van der Waals surface area contributed by atoms with Gasteiger partial charge in [-0.15, -0.1) is 0 Å². The van der Waals surface area contributed by atoms with Gasteiger partial charge in [0.2, 0.25) is 0 Å². The first kappa shape index (κ1) is 23.9. The zero-order valence-corrected chi connectivity index (χ0v) is 20.2. The van der Waals surface area contributed by atoms with Crippen LogP contribution in [0.2, 0.25) is 0 Å². The Morgan fingerprint density at radius 1 is 1.03 bits per heavy atom. The van der Waals surface area contributed by atoms with Crippen LogP contribution < -0.4 is 21.5 Å². The number of hydrogen-bond donors (Lipinski definition) is 3. The Morgan fingerprint density at radius 3 is 2.47 bits per heavy atom. The number of H-pyrrole nitrogens is 1. The number of benzene rings is 1. The minimum Gasteiger partial charge on any atom is -0.461 e. The smallest absolute Gasteiger partial charge is 0.328 e. The molecule has 0 amide bonds. The average Bonchev–Trinajstić information content (AvgIpc) is 3.22. The van der Waals surface area contributed by atoms with E-state index in [1.54, 1.807) is 11.7 Å². The average molecular weight is 491 g/mol. The summed E-state index contributed by atoms with van der Waals surface area (Å²) in [4.78, 5) is 30.7. The summed E-state index contributed by atoms with van der Waals surface area (Å²) in [6.45, 7) is 4.87. The fourth-order valence-electron chi connectivity index (χ4n) is 4.55. The van der Waals surface area contributed by atoms with Crippen molar-refractivity contribution in [2.75, 3.05) is 52.2 Å². The minimum atomic E-state index is -0.306. The molecular weight excluding hydrogens is 460 g/mol. The fraction of sp³-hybridized carbons (Fsp3) is 0.360. The largest absolute Gasteiger partial charge is 0.461 e. The maximum absolute atomic E-state index is 12.7. The number of nitrogen functional groups attached to an aromatic ring is 1. The van der Waals surface area contributed by atoms with Gasteiger partial charge in [0.05, 0.1) is 19.2 Å². The van der Waals surface area contributed by atoms with Crippen molar-refractivity contribution in [3.63, 3.8) is 0 Å². The second-order valence-corrected chi connectivity index (χ2v) is 8.66. The number of methoxy groups -OCH3 is 1. The van der Waals surface area contributed by atoms with Gasteiger partial charge in [0.15, 0.2) is 11.5 Å². The Labute approximate surface area is 208 Å². The summed E-state index contributed by atoms with van der Waals surface area (Å²) >= 11 is 0. The SMILES string of the molecule is COCCOc1nc(N)c2[nH]c(=O)n(Cc3ccc(C(c4ccncc4)N4CCNCC4)cc3)c2n1. The Bertz CT molecular complexity index is 1350. The predicted molar refractivity (Wildman–Crippen MR) is 136 cm³/mol. The molecule has 0 radical (unpaired) electrons. The van der Waals surface area contributed by atoms with E-state index in [0.29, 0.717) is 24.3 Å². The number of imidazole rings is 1. The number of nitrogens with one attached hydrogen (secondary N) is 2. The highest BCUT2D eigenvalue weighted by Crippen LogP contribution is 2.29. The first-order chi connectivity index (χ1) is 17.6. The molecule has 1 fully saturated rings. The van der Waals surface area contributed by atoms with Crippen LogP contribution in [0.25, 0.3) is 11.2 Å². The van der Waals surface area contributed by atoms with Gasteiger partial charge in [0.1, 0.15) is 12.1 Å². The molecule has 11 nitrogen and oxygen atoms in total. The number of rotatable bonds is 9. The van der Waals surface area contributed by atoms with E-state index >= 15 is 0 Å². The van der Waals surface area contributed by atoms with Gasteiger partial charge < -0.3 is 25.5 Å². The van der Waals surface area contributed by atoms with Crippen LogP contribution in [0, 0.1) is 0 Å². The first-order valence-electron chi connectivity index (χ1n) is 12.0. The molecule has 5 rings (SSSR count). The van der Waals surface area contributed by atoms with Gasteiger partial charge in [-0.1, -0.05) is 24.3 Å². The van der Waals surface area contributed by atoms with E-state index in [-0.39, 0.29) is 30.2 Å². The van der Waals surface area contributed by atoms with Crippen molar-refractivity contribution in [2.45, 2.75) is 12.6 Å². The molecule has 4 heterocycles. The molecule has 4 aromatic rings. The van der Waals surface area contributed by atoms with E-state index in [1.807, 2.05) is 12.4 Å². The number of aromatic nitrogens is 5. The van der Waals surface area contributed by atoms with Gasteiger partial charge in [-0.3, -0.25) is 14.5 Å². The predicted octanol–water partition coefficient (Wildman–Crippen LogP) is 1.16. The van der Waals surface area contributed by atoms with Gasteiger partial charge in [0, 0.05) is 45.7 Å². The summed E-state index contributed by atoms with van der Waals surface area (Å²) in [7, 11) is 1.58. The van der Waals surface area contributed by atoms with Crippen LogP contribution >= 0.6 is 0 Å². The molecule has 1 aliphatic rings. The summed E-state index contributed by atoms with van der Waals surface area (Å²) in [5.74, 6) is 0.162. The number of pyridine rings is 1. The Hall–Kier alpha value is -3.80. The maximum Gasteiger partial charge on any atom is 0.328 e. The highest BCUT2D eigenvalue weighted by molar-refractivity contribution is 5.81. The first-order valence-corrected chi connectivity index (χ1v) is 12.0. The number of ether oxygens (including phenoxy) is 2. The summed E-state index contributed by atoms with van der Waals surface area (Å²) in [6, 6.07) is 12.8. The van der Waals surface area contributed by atoms with Crippen LogP contribution in [0.5, 0.6) is 6.01 Å². The Kier molecular flexibility index (Phi) is 7.21. The van der Waals surface area contributed by atoms with Gasteiger partial charge >= 0.3 is 11.7 Å².